The predicted octanol–water partition coefficient (Wildman–Crippen LogP) is 5.97. The molecule has 2 N–H and O–H groups in total. The van der Waals surface area contributed by atoms with Crippen molar-refractivity contribution in [2.24, 2.45) is 0 Å². The van der Waals surface area contributed by atoms with Gasteiger partial charge in [0.05, 0.1) is 24.5 Å². The fraction of sp³-hybridized carbons (Fsp3) is 0.483. The zero-order valence-electron chi connectivity index (χ0n) is 24.3. The Labute approximate surface area is 241 Å². The Kier molecular flexibility index (Phi) is 8.28. The molecule has 214 valence electrons. The summed E-state index contributed by atoms with van der Waals surface area (Å²) in [5.41, 5.74) is 3.55. The second-order valence-corrected chi connectivity index (χ2v) is 17.6. The number of aromatic nitrogens is 4. The first-order valence-electron chi connectivity index (χ1n) is 14.0. The Hall–Kier alpha value is -2.86. The number of hydrogen-bond donors (Lipinski definition) is 2. The van der Waals surface area contributed by atoms with Crippen molar-refractivity contribution >= 4 is 36.9 Å². The van der Waals surface area contributed by atoms with E-state index in [2.05, 4.69) is 62.4 Å². The van der Waals surface area contributed by atoms with Gasteiger partial charge >= 0.3 is 0 Å². The summed E-state index contributed by atoms with van der Waals surface area (Å²) in [7, 11) is -1.81. The highest BCUT2D eigenvalue weighted by Gasteiger charge is 2.38. The maximum absolute atomic E-state index is 13.3. The number of imidazole rings is 1. The summed E-state index contributed by atoms with van der Waals surface area (Å²) < 4.78 is 21.8. The lowest BCUT2D eigenvalue weighted by Crippen LogP contribution is -2.55. The summed E-state index contributed by atoms with van der Waals surface area (Å²) in [5, 5.41) is 15.3. The van der Waals surface area contributed by atoms with E-state index in [1.165, 1.54) is 12.1 Å². The van der Waals surface area contributed by atoms with E-state index in [0.29, 0.717) is 13.2 Å². The number of benzene rings is 1. The molecule has 5 rings (SSSR count). The van der Waals surface area contributed by atoms with Crippen LogP contribution < -0.4 is 15.5 Å². The van der Waals surface area contributed by atoms with Crippen LogP contribution in [0.3, 0.4) is 0 Å². The van der Waals surface area contributed by atoms with Crippen LogP contribution in [0.2, 0.25) is 18.1 Å². The molecule has 4 heterocycles. The fourth-order valence-corrected chi connectivity index (χ4v) is 6.33. The number of rotatable bonds is 9. The van der Waals surface area contributed by atoms with Crippen molar-refractivity contribution in [1.82, 2.24) is 24.9 Å². The largest absolute Gasteiger partial charge is 0.415 e. The molecule has 0 aliphatic carbocycles. The summed E-state index contributed by atoms with van der Waals surface area (Å²) in [6.07, 6.45) is 0.792. The van der Waals surface area contributed by atoms with Crippen LogP contribution in [-0.2, 0) is 17.4 Å². The number of nitrogens with zero attached hydrogens (tertiary/aromatic N) is 5. The van der Waals surface area contributed by atoms with Gasteiger partial charge in [-0.15, -0.1) is 16.4 Å². The number of hydrogen-bond acceptors (Lipinski definition) is 8. The molecule has 1 aliphatic heterocycles. The van der Waals surface area contributed by atoms with Crippen LogP contribution in [0.25, 0.3) is 16.9 Å². The van der Waals surface area contributed by atoms with Gasteiger partial charge in [-0.1, -0.05) is 27.7 Å². The van der Waals surface area contributed by atoms with Crippen molar-refractivity contribution in [3.63, 3.8) is 0 Å². The van der Waals surface area contributed by atoms with Gasteiger partial charge in [0.2, 0.25) is 0 Å². The summed E-state index contributed by atoms with van der Waals surface area (Å²) in [4.78, 5) is 11.9. The summed E-state index contributed by atoms with van der Waals surface area (Å²) in [6.45, 7) is 17.4. The predicted molar refractivity (Wildman–Crippen MR) is 164 cm³/mol. The minimum atomic E-state index is -1.81. The van der Waals surface area contributed by atoms with Crippen LogP contribution in [0.4, 0.5) is 16.0 Å². The van der Waals surface area contributed by atoms with Crippen molar-refractivity contribution < 1.29 is 8.82 Å². The number of halogens is 1. The monoisotopic (exact) mass is 581 g/mol. The Bertz CT molecular complexity index is 1450. The van der Waals surface area contributed by atoms with E-state index in [0.717, 1.165) is 65.3 Å². The van der Waals surface area contributed by atoms with Crippen molar-refractivity contribution in [3.8, 4) is 11.3 Å². The highest BCUT2D eigenvalue weighted by Crippen LogP contribution is 2.36. The normalized spacial score (nSPS) is 16.6. The van der Waals surface area contributed by atoms with Crippen molar-refractivity contribution in [2.75, 3.05) is 36.5 Å². The number of thiazole rings is 1. The molecule has 0 spiro atoms. The molecular weight excluding hydrogens is 542 g/mol. The lowest BCUT2D eigenvalue weighted by Gasteiger charge is -2.39. The number of anilines is 2. The van der Waals surface area contributed by atoms with Crippen molar-refractivity contribution in [2.45, 2.75) is 64.8 Å². The topological polar surface area (TPSA) is 79.6 Å². The first-order chi connectivity index (χ1) is 19.0. The highest BCUT2D eigenvalue weighted by atomic mass is 32.1. The van der Waals surface area contributed by atoms with Gasteiger partial charge in [-0.3, -0.25) is 0 Å². The van der Waals surface area contributed by atoms with Crippen LogP contribution in [-0.4, -0.2) is 60.2 Å². The third-order valence-electron chi connectivity index (χ3n) is 8.00. The number of fused-ring (bicyclic) bond motifs is 1. The first kappa shape index (κ1) is 28.7. The molecule has 1 fully saturated rings. The van der Waals surface area contributed by atoms with E-state index >= 15 is 0 Å². The van der Waals surface area contributed by atoms with E-state index in [1.54, 1.807) is 23.5 Å². The summed E-state index contributed by atoms with van der Waals surface area (Å²) >= 11 is 1.58. The SMILES string of the molecule is CCc1nc2ccc(N3CCN[C@H](CO[Si](C)(C)C(C)(C)C)C3)nn2c1NCc1nc(-c2ccc(F)cc2)cs1. The molecule has 0 unspecified atom stereocenters. The zero-order valence-corrected chi connectivity index (χ0v) is 26.1. The van der Waals surface area contributed by atoms with Gasteiger partial charge in [-0.05, 0) is 61.0 Å². The molecule has 1 aromatic carbocycles. The number of nitrogens with one attached hydrogen (secondary N) is 2. The van der Waals surface area contributed by atoms with Gasteiger partial charge in [0.15, 0.2) is 19.8 Å². The number of aryl methyl sites for hydroxylation is 1. The van der Waals surface area contributed by atoms with E-state index in [4.69, 9.17) is 19.5 Å². The van der Waals surface area contributed by atoms with Gasteiger partial charge < -0.3 is 20.0 Å². The quantitative estimate of drug-likeness (QED) is 0.236. The van der Waals surface area contributed by atoms with Gasteiger partial charge in [-0.2, -0.15) is 4.52 Å². The molecule has 8 nitrogen and oxygen atoms in total. The van der Waals surface area contributed by atoms with Gasteiger partial charge in [0.25, 0.3) is 0 Å². The Balaban J connectivity index is 1.30. The molecule has 11 heteroatoms. The second kappa shape index (κ2) is 11.6. The van der Waals surface area contributed by atoms with Crippen molar-refractivity contribution in [1.29, 1.82) is 0 Å². The minimum absolute atomic E-state index is 0.191. The van der Waals surface area contributed by atoms with Crippen LogP contribution in [0.5, 0.6) is 0 Å². The molecule has 4 aromatic rings. The third-order valence-corrected chi connectivity index (χ3v) is 13.3. The van der Waals surface area contributed by atoms with E-state index in [1.807, 2.05) is 16.0 Å². The summed E-state index contributed by atoms with van der Waals surface area (Å²) in [5.74, 6) is 1.58. The van der Waals surface area contributed by atoms with Gasteiger partial charge in [0, 0.05) is 36.6 Å². The molecule has 3 aromatic heterocycles. The highest BCUT2D eigenvalue weighted by molar-refractivity contribution is 7.10. The molecule has 1 aliphatic rings. The fourth-order valence-electron chi connectivity index (χ4n) is 4.54. The average molecular weight is 582 g/mol. The Morgan fingerprint density at radius 2 is 1.93 bits per heavy atom. The lowest BCUT2D eigenvalue weighted by atomic mass is 10.2. The first-order valence-corrected chi connectivity index (χ1v) is 17.8. The lowest BCUT2D eigenvalue weighted by molar-refractivity contribution is 0.235. The second-order valence-electron chi connectivity index (χ2n) is 11.9. The maximum Gasteiger partial charge on any atom is 0.192 e. The van der Waals surface area contributed by atoms with Crippen LogP contribution >= 0.6 is 11.3 Å². The van der Waals surface area contributed by atoms with Crippen molar-refractivity contribution in [3.05, 3.63) is 58.3 Å². The minimum Gasteiger partial charge on any atom is -0.415 e. The molecule has 0 radical (unpaired) electrons. The van der Waals surface area contributed by atoms with E-state index in [-0.39, 0.29) is 16.9 Å². The zero-order chi connectivity index (χ0) is 28.5. The summed E-state index contributed by atoms with van der Waals surface area (Å²) in [6, 6.07) is 10.8. The third kappa shape index (κ3) is 6.22. The molecular formula is C29H40FN7OSSi. The molecule has 0 amide bonds. The molecule has 1 atom stereocenters. The smallest absolute Gasteiger partial charge is 0.192 e. The number of piperazine rings is 1. The van der Waals surface area contributed by atoms with Gasteiger partial charge in [-0.25, -0.2) is 14.4 Å². The molecule has 0 saturated carbocycles. The van der Waals surface area contributed by atoms with Crippen LogP contribution in [0.15, 0.2) is 41.8 Å². The maximum atomic E-state index is 13.3. The molecule has 40 heavy (non-hydrogen) atoms. The van der Waals surface area contributed by atoms with Crippen LogP contribution in [0, 0.1) is 5.82 Å². The Morgan fingerprint density at radius 3 is 2.65 bits per heavy atom. The molecule has 1 saturated heterocycles. The molecule has 0 bridgehead atoms. The van der Waals surface area contributed by atoms with E-state index < -0.39 is 8.32 Å². The van der Waals surface area contributed by atoms with Crippen LogP contribution in [0.1, 0.15) is 38.4 Å². The average Bonchev–Trinajstić information content (AvgIpc) is 3.55. The Morgan fingerprint density at radius 1 is 1.15 bits per heavy atom. The van der Waals surface area contributed by atoms with E-state index in [9.17, 15) is 4.39 Å². The van der Waals surface area contributed by atoms with Gasteiger partial charge in [0.1, 0.15) is 16.6 Å². The standard InChI is InChI=1S/C29H40FN7OSSi/c1-7-23-28(32-16-27-34-24(19-39-27)20-8-10-21(30)11-9-20)37-25(33-23)12-13-26(35-37)36-15-14-31-22(17-36)18-38-40(5,6)29(2,3)4/h8-13,19,22,31-32H,7,14-18H2,1-6H3/t22-/m0/s1.